The third-order valence-corrected chi connectivity index (χ3v) is 6.19. The van der Waals surface area contributed by atoms with Gasteiger partial charge in [0.05, 0.1) is 6.04 Å². The summed E-state index contributed by atoms with van der Waals surface area (Å²) >= 11 is 0. The maximum atomic E-state index is 14.7. The minimum Gasteiger partial charge on any atom is -0.305 e. The van der Waals surface area contributed by atoms with Gasteiger partial charge in [-0.3, -0.25) is 4.79 Å². The summed E-state index contributed by atoms with van der Waals surface area (Å²) in [5.74, 6) is -1.06. The number of carbonyl (C=O) groups is 1. The quantitative estimate of drug-likeness (QED) is 0.400. The van der Waals surface area contributed by atoms with Gasteiger partial charge >= 0.3 is 6.18 Å². The van der Waals surface area contributed by atoms with Crippen LogP contribution in [0.25, 0.3) is 0 Å². The number of para-hydroxylation sites is 1. The van der Waals surface area contributed by atoms with Crippen LogP contribution in [0.3, 0.4) is 0 Å². The molecule has 3 nitrogen and oxygen atoms in total. The summed E-state index contributed by atoms with van der Waals surface area (Å²) in [4.78, 5) is 19.0. The van der Waals surface area contributed by atoms with Crippen molar-refractivity contribution >= 4 is 11.6 Å². The molecular formula is C26H24F4N2O. The van der Waals surface area contributed by atoms with Crippen LogP contribution < -0.4 is 4.90 Å². The Hall–Kier alpha value is -3.22. The third-order valence-electron chi connectivity index (χ3n) is 6.19. The maximum absolute atomic E-state index is 14.7. The Bertz CT molecular complexity index is 1140. The first kappa shape index (κ1) is 23.0. The SMILES string of the molecule is CC(C)(C[C@@H]1C[C@H](c2ccccc2F)N(c2ccccc2)C1=O)c1cccc(C(F)(F)F)n1. The summed E-state index contributed by atoms with van der Waals surface area (Å²) in [5, 5.41) is 0. The molecule has 4 rings (SSSR count). The van der Waals surface area contributed by atoms with E-state index in [0.29, 0.717) is 17.7 Å². The molecule has 1 saturated heterocycles. The van der Waals surface area contributed by atoms with Gasteiger partial charge in [0.25, 0.3) is 0 Å². The van der Waals surface area contributed by atoms with Crippen LogP contribution >= 0.6 is 0 Å². The lowest BCUT2D eigenvalue weighted by Crippen LogP contribution is -2.32. The standard InChI is InChI=1S/C26H24F4N2O/c1-25(2,22-13-8-14-23(31-22)26(28,29)30)16-17-15-21(19-11-6-7-12-20(19)27)32(24(17)33)18-9-4-3-5-10-18/h3-14,17,21H,15-16H2,1-2H3/t17-,21+/m0/s1. The Morgan fingerprint density at radius 3 is 2.21 bits per heavy atom. The van der Waals surface area contributed by atoms with Gasteiger partial charge in [-0.2, -0.15) is 13.2 Å². The normalized spacial score (nSPS) is 19.2. The van der Waals surface area contributed by atoms with E-state index in [1.54, 1.807) is 55.1 Å². The van der Waals surface area contributed by atoms with Crippen molar-refractivity contribution in [3.8, 4) is 0 Å². The van der Waals surface area contributed by atoms with Crippen LogP contribution in [0, 0.1) is 11.7 Å². The molecular weight excluding hydrogens is 432 g/mol. The van der Waals surface area contributed by atoms with Gasteiger partial charge in [-0.05, 0) is 43.2 Å². The van der Waals surface area contributed by atoms with Crippen molar-refractivity contribution < 1.29 is 22.4 Å². The molecule has 0 radical (unpaired) electrons. The molecule has 0 bridgehead atoms. The number of hydrogen-bond donors (Lipinski definition) is 0. The Balaban J connectivity index is 1.67. The summed E-state index contributed by atoms with van der Waals surface area (Å²) in [6, 6.07) is 18.7. The van der Waals surface area contributed by atoms with Crippen LogP contribution in [0.15, 0.2) is 72.8 Å². The number of hydrogen-bond acceptors (Lipinski definition) is 2. The number of benzene rings is 2. The Morgan fingerprint density at radius 2 is 1.55 bits per heavy atom. The number of alkyl halides is 3. The van der Waals surface area contributed by atoms with Crippen LogP contribution in [0.4, 0.5) is 23.2 Å². The van der Waals surface area contributed by atoms with E-state index in [1.807, 2.05) is 18.2 Å². The first-order chi connectivity index (χ1) is 15.6. The van der Waals surface area contributed by atoms with E-state index in [2.05, 4.69) is 4.98 Å². The summed E-state index contributed by atoms with van der Waals surface area (Å²) < 4.78 is 54.2. The molecule has 1 aliphatic heterocycles. The first-order valence-corrected chi connectivity index (χ1v) is 10.8. The average Bonchev–Trinajstić information content (AvgIpc) is 3.09. The minimum absolute atomic E-state index is 0.172. The van der Waals surface area contributed by atoms with Crippen LogP contribution in [0.2, 0.25) is 0 Å². The average molecular weight is 456 g/mol. The maximum Gasteiger partial charge on any atom is 0.433 e. The van der Waals surface area contributed by atoms with E-state index < -0.39 is 35.1 Å². The fraction of sp³-hybridized carbons (Fsp3) is 0.308. The largest absolute Gasteiger partial charge is 0.433 e. The first-order valence-electron chi connectivity index (χ1n) is 10.8. The van der Waals surface area contributed by atoms with Crippen molar-refractivity contribution in [1.82, 2.24) is 4.98 Å². The topological polar surface area (TPSA) is 33.2 Å². The van der Waals surface area contributed by atoms with Gasteiger partial charge in [-0.1, -0.05) is 56.3 Å². The summed E-state index contributed by atoms with van der Waals surface area (Å²) in [5.41, 5.74) is -0.402. The molecule has 1 aromatic heterocycles. The van der Waals surface area contributed by atoms with E-state index in [-0.39, 0.29) is 18.0 Å². The van der Waals surface area contributed by atoms with Crippen molar-refractivity contribution in [2.45, 2.75) is 44.3 Å². The van der Waals surface area contributed by atoms with E-state index in [0.717, 1.165) is 6.07 Å². The molecule has 3 aromatic rings. The number of pyridine rings is 1. The smallest absolute Gasteiger partial charge is 0.305 e. The number of amides is 1. The fourth-order valence-corrected chi connectivity index (χ4v) is 4.59. The van der Waals surface area contributed by atoms with E-state index >= 15 is 0 Å². The molecule has 172 valence electrons. The predicted octanol–water partition coefficient (Wildman–Crippen LogP) is 6.70. The molecule has 1 amide bonds. The zero-order valence-electron chi connectivity index (χ0n) is 18.3. The van der Waals surface area contributed by atoms with E-state index in [1.165, 1.54) is 12.1 Å². The van der Waals surface area contributed by atoms with Crippen LogP contribution in [-0.2, 0) is 16.4 Å². The number of rotatable bonds is 5. The fourth-order valence-electron chi connectivity index (χ4n) is 4.59. The summed E-state index contributed by atoms with van der Waals surface area (Å²) in [7, 11) is 0. The molecule has 7 heteroatoms. The molecule has 2 aromatic carbocycles. The second kappa shape index (κ2) is 8.61. The molecule has 0 N–H and O–H groups in total. The molecule has 1 fully saturated rings. The van der Waals surface area contributed by atoms with Gasteiger partial charge in [0.15, 0.2) is 0 Å². The highest BCUT2D eigenvalue weighted by Crippen LogP contribution is 2.45. The Labute approximate surface area is 190 Å². The van der Waals surface area contributed by atoms with Crippen molar-refractivity contribution in [2.75, 3.05) is 4.90 Å². The number of carbonyl (C=O) groups excluding carboxylic acids is 1. The van der Waals surface area contributed by atoms with Crippen molar-refractivity contribution in [2.24, 2.45) is 5.92 Å². The Kier molecular flexibility index (Phi) is 5.99. The van der Waals surface area contributed by atoms with E-state index in [9.17, 15) is 22.4 Å². The van der Waals surface area contributed by atoms with Gasteiger partial charge in [-0.15, -0.1) is 0 Å². The molecule has 0 unspecified atom stereocenters. The highest BCUT2D eigenvalue weighted by Gasteiger charge is 2.44. The highest BCUT2D eigenvalue weighted by molar-refractivity contribution is 5.98. The van der Waals surface area contributed by atoms with Gasteiger partial charge in [0.2, 0.25) is 5.91 Å². The minimum atomic E-state index is -4.55. The van der Waals surface area contributed by atoms with Crippen molar-refractivity contribution in [3.05, 3.63) is 95.6 Å². The Morgan fingerprint density at radius 1 is 0.909 bits per heavy atom. The van der Waals surface area contributed by atoms with Crippen LogP contribution in [-0.4, -0.2) is 10.9 Å². The van der Waals surface area contributed by atoms with Gasteiger partial charge in [0.1, 0.15) is 11.5 Å². The molecule has 2 heterocycles. The zero-order valence-corrected chi connectivity index (χ0v) is 18.3. The number of halogens is 4. The second-order valence-corrected chi connectivity index (χ2v) is 9.01. The number of aromatic nitrogens is 1. The monoisotopic (exact) mass is 456 g/mol. The third kappa shape index (κ3) is 4.63. The van der Waals surface area contributed by atoms with Gasteiger partial charge < -0.3 is 4.90 Å². The molecule has 0 saturated carbocycles. The molecule has 33 heavy (non-hydrogen) atoms. The molecule has 0 spiro atoms. The van der Waals surface area contributed by atoms with E-state index in [4.69, 9.17) is 0 Å². The molecule has 1 aliphatic rings. The summed E-state index contributed by atoms with van der Waals surface area (Å²) in [6.07, 6.45) is -3.90. The predicted molar refractivity (Wildman–Crippen MR) is 118 cm³/mol. The number of nitrogens with zero attached hydrogens (tertiary/aromatic N) is 2. The zero-order chi connectivity index (χ0) is 23.8. The highest BCUT2D eigenvalue weighted by atomic mass is 19.4. The lowest BCUT2D eigenvalue weighted by atomic mass is 9.78. The number of anilines is 1. The van der Waals surface area contributed by atoms with Crippen molar-refractivity contribution in [1.29, 1.82) is 0 Å². The second-order valence-electron chi connectivity index (χ2n) is 9.01. The van der Waals surface area contributed by atoms with Gasteiger partial charge in [-0.25, -0.2) is 9.37 Å². The van der Waals surface area contributed by atoms with Crippen LogP contribution in [0.1, 0.15) is 49.7 Å². The molecule has 0 aliphatic carbocycles. The summed E-state index contributed by atoms with van der Waals surface area (Å²) in [6.45, 7) is 3.57. The molecule has 2 atom stereocenters. The lowest BCUT2D eigenvalue weighted by Gasteiger charge is -2.27. The van der Waals surface area contributed by atoms with Gasteiger partial charge in [0, 0.05) is 28.3 Å². The lowest BCUT2D eigenvalue weighted by molar-refractivity contribution is -0.141. The van der Waals surface area contributed by atoms with Crippen LogP contribution in [0.5, 0.6) is 0 Å². The van der Waals surface area contributed by atoms with Crippen molar-refractivity contribution in [3.63, 3.8) is 0 Å².